The Hall–Kier alpha value is -1.90. The van der Waals surface area contributed by atoms with Crippen LogP contribution in [0.15, 0.2) is 76.1 Å². The molecule has 0 saturated heterocycles. The van der Waals surface area contributed by atoms with Crippen molar-refractivity contribution in [3.05, 3.63) is 97.9 Å². The lowest BCUT2D eigenvalue weighted by atomic mass is 10.00. The van der Waals surface area contributed by atoms with Crippen molar-refractivity contribution in [1.82, 2.24) is 9.21 Å². The minimum atomic E-state index is -3.94. The van der Waals surface area contributed by atoms with Crippen molar-refractivity contribution < 1.29 is 13.2 Å². The van der Waals surface area contributed by atoms with E-state index >= 15 is 0 Å². The molecule has 3 aromatic carbocycles. The minimum Gasteiger partial charge on any atom is -0.337 e. The summed E-state index contributed by atoms with van der Waals surface area (Å²) in [5.74, 6) is -0.245. The molecule has 0 aliphatic carbocycles. The first-order chi connectivity index (χ1) is 15.7. The standard InChI is InChI=1S/C24H21BrCl2N2O3S/c25-20-6-8-21(9-7-20)33(31,32)29(14-17-5-10-22(26)23(27)13-17)16-24(30)28-12-11-18-3-1-2-4-19(18)15-28/h1-10,13H,11-12,14-16H2. The van der Waals surface area contributed by atoms with Crippen molar-refractivity contribution >= 4 is 55.1 Å². The van der Waals surface area contributed by atoms with E-state index in [9.17, 15) is 13.2 Å². The number of amides is 1. The number of sulfonamides is 1. The van der Waals surface area contributed by atoms with Gasteiger partial charge >= 0.3 is 0 Å². The number of rotatable bonds is 6. The molecule has 0 saturated carbocycles. The van der Waals surface area contributed by atoms with Crippen LogP contribution in [0.3, 0.4) is 0 Å². The van der Waals surface area contributed by atoms with Gasteiger partial charge in [-0.15, -0.1) is 0 Å². The molecule has 9 heteroatoms. The molecule has 0 bridgehead atoms. The molecule has 5 nitrogen and oxygen atoms in total. The summed E-state index contributed by atoms with van der Waals surface area (Å²) in [7, 11) is -3.94. The van der Waals surface area contributed by atoms with Crippen LogP contribution in [0.5, 0.6) is 0 Å². The number of hydrogen-bond acceptors (Lipinski definition) is 3. The molecule has 0 aromatic heterocycles. The first-order valence-corrected chi connectivity index (χ1v) is 13.3. The number of carbonyl (C=O) groups excluding carboxylic acids is 1. The quantitative estimate of drug-likeness (QED) is 0.393. The van der Waals surface area contributed by atoms with Crippen LogP contribution in [-0.2, 0) is 34.3 Å². The molecule has 0 fully saturated rings. The van der Waals surface area contributed by atoms with E-state index in [0.29, 0.717) is 28.7 Å². The summed E-state index contributed by atoms with van der Waals surface area (Å²) in [6.45, 7) is 0.731. The molecule has 0 spiro atoms. The zero-order valence-corrected chi connectivity index (χ0v) is 21.5. The minimum absolute atomic E-state index is 0.00848. The average molecular weight is 568 g/mol. The van der Waals surface area contributed by atoms with E-state index < -0.39 is 10.0 Å². The normalized spacial score (nSPS) is 13.8. The lowest BCUT2D eigenvalue weighted by Gasteiger charge is -2.31. The molecule has 0 N–H and O–H groups in total. The van der Waals surface area contributed by atoms with E-state index in [1.807, 2.05) is 18.2 Å². The van der Waals surface area contributed by atoms with Gasteiger partial charge < -0.3 is 4.90 Å². The highest BCUT2D eigenvalue weighted by atomic mass is 79.9. The molecule has 0 unspecified atom stereocenters. The molecule has 4 rings (SSSR count). The smallest absolute Gasteiger partial charge is 0.243 e. The Kier molecular flexibility index (Phi) is 7.46. The third-order valence-electron chi connectivity index (χ3n) is 5.59. The van der Waals surface area contributed by atoms with Crippen LogP contribution >= 0.6 is 39.1 Å². The fourth-order valence-corrected chi connectivity index (χ4v) is 5.75. The van der Waals surface area contributed by atoms with Crippen LogP contribution in [0.2, 0.25) is 10.0 Å². The maximum atomic E-state index is 13.5. The number of carbonyl (C=O) groups is 1. The Balaban J connectivity index is 1.61. The second-order valence-electron chi connectivity index (χ2n) is 7.81. The highest BCUT2D eigenvalue weighted by Gasteiger charge is 2.30. The van der Waals surface area contributed by atoms with E-state index in [0.717, 1.165) is 16.5 Å². The van der Waals surface area contributed by atoms with Crippen LogP contribution in [-0.4, -0.2) is 36.6 Å². The van der Waals surface area contributed by atoms with E-state index in [2.05, 4.69) is 22.0 Å². The second-order valence-corrected chi connectivity index (χ2v) is 11.5. The molecular weight excluding hydrogens is 547 g/mol. The summed E-state index contributed by atoms with van der Waals surface area (Å²) in [5, 5.41) is 0.708. The van der Waals surface area contributed by atoms with Crippen LogP contribution in [0.1, 0.15) is 16.7 Å². The molecule has 33 heavy (non-hydrogen) atoms. The fraction of sp³-hybridized carbons (Fsp3) is 0.208. The Bertz CT molecular complexity index is 1280. The monoisotopic (exact) mass is 566 g/mol. The average Bonchev–Trinajstić information content (AvgIpc) is 2.81. The molecule has 0 radical (unpaired) electrons. The number of hydrogen-bond donors (Lipinski definition) is 0. The third-order valence-corrected chi connectivity index (χ3v) is 8.66. The predicted molar refractivity (Wildman–Crippen MR) is 134 cm³/mol. The SMILES string of the molecule is O=C(CN(Cc1ccc(Cl)c(Cl)c1)S(=O)(=O)c1ccc(Br)cc1)N1CCc2ccccc2C1. The molecule has 3 aromatic rings. The Morgan fingerprint density at radius 3 is 2.36 bits per heavy atom. The van der Waals surface area contributed by atoms with E-state index in [-0.39, 0.29) is 23.9 Å². The van der Waals surface area contributed by atoms with Crippen LogP contribution in [0, 0.1) is 0 Å². The van der Waals surface area contributed by atoms with Gasteiger partial charge in [-0.05, 0) is 59.5 Å². The third kappa shape index (κ3) is 5.61. The highest BCUT2D eigenvalue weighted by Crippen LogP contribution is 2.26. The largest absolute Gasteiger partial charge is 0.337 e. The molecule has 0 atom stereocenters. The van der Waals surface area contributed by atoms with Gasteiger partial charge in [-0.2, -0.15) is 4.31 Å². The number of benzene rings is 3. The Morgan fingerprint density at radius 1 is 0.970 bits per heavy atom. The van der Waals surface area contributed by atoms with E-state index in [1.54, 1.807) is 35.2 Å². The van der Waals surface area contributed by atoms with Gasteiger partial charge in [0.05, 0.1) is 21.5 Å². The van der Waals surface area contributed by atoms with Crippen molar-refractivity contribution in [3.63, 3.8) is 0 Å². The molecule has 1 aliphatic rings. The van der Waals surface area contributed by atoms with Crippen molar-refractivity contribution in [3.8, 4) is 0 Å². The van der Waals surface area contributed by atoms with Crippen LogP contribution in [0.25, 0.3) is 0 Å². The lowest BCUT2D eigenvalue weighted by molar-refractivity contribution is -0.132. The lowest BCUT2D eigenvalue weighted by Crippen LogP contribution is -2.44. The topological polar surface area (TPSA) is 57.7 Å². The van der Waals surface area contributed by atoms with Crippen molar-refractivity contribution in [2.75, 3.05) is 13.1 Å². The van der Waals surface area contributed by atoms with Crippen molar-refractivity contribution in [2.24, 2.45) is 0 Å². The maximum absolute atomic E-state index is 13.5. The Morgan fingerprint density at radius 2 is 1.67 bits per heavy atom. The maximum Gasteiger partial charge on any atom is 0.243 e. The van der Waals surface area contributed by atoms with Gasteiger partial charge in [0.2, 0.25) is 15.9 Å². The van der Waals surface area contributed by atoms with Gasteiger partial charge in [0.25, 0.3) is 0 Å². The van der Waals surface area contributed by atoms with Crippen LogP contribution < -0.4 is 0 Å². The van der Waals surface area contributed by atoms with Crippen molar-refractivity contribution in [2.45, 2.75) is 24.4 Å². The van der Waals surface area contributed by atoms with Gasteiger partial charge in [-0.3, -0.25) is 4.79 Å². The van der Waals surface area contributed by atoms with Gasteiger partial charge in [0.1, 0.15) is 0 Å². The first-order valence-electron chi connectivity index (χ1n) is 10.3. The predicted octanol–water partition coefficient (Wildman–Crippen LogP) is 5.53. The summed E-state index contributed by atoms with van der Waals surface area (Å²) in [4.78, 5) is 15.0. The van der Waals surface area contributed by atoms with Gasteiger partial charge in [-0.25, -0.2) is 8.42 Å². The summed E-state index contributed by atoms with van der Waals surface area (Å²) in [5.41, 5.74) is 2.95. The second kappa shape index (κ2) is 10.2. The van der Waals surface area contributed by atoms with Crippen LogP contribution in [0.4, 0.5) is 0 Å². The summed E-state index contributed by atoms with van der Waals surface area (Å²) >= 11 is 15.5. The van der Waals surface area contributed by atoms with Crippen molar-refractivity contribution in [1.29, 1.82) is 0 Å². The Labute approximate surface area is 212 Å². The highest BCUT2D eigenvalue weighted by molar-refractivity contribution is 9.10. The number of fused-ring (bicyclic) bond motifs is 1. The summed E-state index contributed by atoms with van der Waals surface area (Å²) < 4.78 is 29.0. The summed E-state index contributed by atoms with van der Waals surface area (Å²) in [6, 6.07) is 19.3. The van der Waals surface area contributed by atoms with Gasteiger partial charge in [0, 0.05) is 24.1 Å². The van der Waals surface area contributed by atoms with Gasteiger partial charge in [-0.1, -0.05) is 69.5 Å². The zero-order chi connectivity index (χ0) is 23.6. The molecule has 1 amide bonds. The number of nitrogens with zero attached hydrogens (tertiary/aromatic N) is 2. The molecule has 1 aliphatic heterocycles. The van der Waals surface area contributed by atoms with Gasteiger partial charge in [0.15, 0.2) is 0 Å². The summed E-state index contributed by atoms with van der Waals surface area (Å²) in [6.07, 6.45) is 0.744. The molecule has 172 valence electrons. The fourth-order valence-electron chi connectivity index (χ4n) is 3.78. The zero-order valence-electron chi connectivity index (χ0n) is 17.5. The number of halogens is 3. The molecule has 1 heterocycles. The molecular formula is C24H21BrCl2N2O3S. The first kappa shape index (κ1) is 24.2. The van der Waals surface area contributed by atoms with E-state index in [1.165, 1.54) is 22.0 Å². The van der Waals surface area contributed by atoms with E-state index in [4.69, 9.17) is 23.2 Å².